The van der Waals surface area contributed by atoms with Crippen LogP contribution in [0.1, 0.15) is 11.1 Å². The van der Waals surface area contributed by atoms with E-state index in [-0.39, 0.29) is 5.91 Å². The number of rotatable bonds is 7. The minimum absolute atomic E-state index is 0.0216. The standard InChI is InChI=1S/C23H27ClN2O4/c1-28-20-10-7-18(22(29-2)23(20)30-3)16-25-12-14-26(15-13-25)21(27)11-6-17-4-8-19(24)9-5-17/h4-11H,12-16H2,1-3H3/b11-6+. The molecule has 1 aliphatic heterocycles. The Morgan fingerprint density at radius 3 is 2.20 bits per heavy atom. The Balaban J connectivity index is 1.58. The summed E-state index contributed by atoms with van der Waals surface area (Å²) in [5.74, 6) is 1.94. The monoisotopic (exact) mass is 430 g/mol. The average Bonchev–Trinajstić information content (AvgIpc) is 2.78. The normalized spacial score (nSPS) is 14.7. The molecule has 0 radical (unpaired) electrons. The summed E-state index contributed by atoms with van der Waals surface area (Å²) in [6.45, 7) is 3.65. The number of carbonyl (C=O) groups excluding carboxylic acids is 1. The number of carbonyl (C=O) groups is 1. The van der Waals surface area contributed by atoms with E-state index in [9.17, 15) is 4.79 Å². The molecule has 160 valence electrons. The van der Waals surface area contributed by atoms with Gasteiger partial charge in [-0.3, -0.25) is 9.69 Å². The zero-order chi connectivity index (χ0) is 21.5. The number of hydrogen-bond acceptors (Lipinski definition) is 5. The van der Waals surface area contributed by atoms with Crippen LogP contribution < -0.4 is 14.2 Å². The van der Waals surface area contributed by atoms with E-state index in [0.29, 0.717) is 41.9 Å². The summed E-state index contributed by atoms with van der Waals surface area (Å²) in [7, 11) is 4.84. The Labute approximate surface area is 182 Å². The quantitative estimate of drug-likeness (QED) is 0.626. The van der Waals surface area contributed by atoms with Gasteiger partial charge in [-0.1, -0.05) is 29.8 Å². The second-order valence-corrected chi connectivity index (χ2v) is 7.42. The van der Waals surface area contributed by atoms with E-state index in [0.717, 1.165) is 24.2 Å². The van der Waals surface area contributed by atoms with Crippen molar-refractivity contribution in [3.05, 3.63) is 58.6 Å². The molecule has 1 aliphatic rings. The molecule has 2 aromatic rings. The summed E-state index contributed by atoms with van der Waals surface area (Å²) >= 11 is 5.89. The number of nitrogens with zero attached hydrogens (tertiary/aromatic N) is 2. The van der Waals surface area contributed by atoms with Crippen LogP contribution in [-0.2, 0) is 11.3 Å². The predicted octanol–water partition coefficient (Wildman–Crippen LogP) is 3.72. The number of amides is 1. The molecule has 1 amide bonds. The Hall–Kier alpha value is -2.70. The second kappa shape index (κ2) is 10.4. The molecule has 0 saturated carbocycles. The lowest BCUT2D eigenvalue weighted by atomic mass is 10.1. The smallest absolute Gasteiger partial charge is 0.246 e. The van der Waals surface area contributed by atoms with Crippen LogP contribution in [0.2, 0.25) is 5.02 Å². The van der Waals surface area contributed by atoms with Gasteiger partial charge in [-0.05, 0) is 29.8 Å². The molecule has 0 atom stereocenters. The molecule has 0 aromatic heterocycles. The highest BCUT2D eigenvalue weighted by molar-refractivity contribution is 6.30. The number of hydrogen-bond donors (Lipinski definition) is 0. The molecule has 1 heterocycles. The lowest BCUT2D eigenvalue weighted by Gasteiger charge is -2.34. The van der Waals surface area contributed by atoms with Crippen molar-refractivity contribution in [3.63, 3.8) is 0 Å². The lowest BCUT2D eigenvalue weighted by molar-refractivity contribution is -0.127. The molecule has 6 nitrogen and oxygen atoms in total. The molecule has 3 rings (SSSR count). The maximum absolute atomic E-state index is 12.5. The third-order valence-electron chi connectivity index (χ3n) is 5.15. The minimum Gasteiger partial charge on any atom is -0.493 e. The van der Waals surface area contributed by atoms with Crippen molar-refractivity contribution in [2.24, 2.45) is 0 Å². The second-order valence-electron chi connectivity index (χ2n) is 6.98. The highest BCUT2D eigenvalue weighted by Crippen LogP contribution is 2.40. The fourth-order valence-corrected chi connectivity index (χ4v) is 3.63. The predicted molar refractivity (Wildman–Crippen MR) is 118 cm³/mol. The fourth-order valence-electron chi connectivity index (χ4n) is 3.50. The van der Waals surface area contributed by atoms with Gasteiger partial charge in [0.2, 0.25) is 11.7 Å². The van der Waals surface area contributed by atoms with E-state index in [1.807, 2.05) is 47.4 Å². The van der Waals surface area contributed by atoms with Crippen LogP contribution in [0.4, 0.5) is 0 Å². The van der Waals surface area contributed by atoms with Crippen molar-refractivity contribution in [1.29, 1.82) is 0 Å². The van der Waals surface area contributed by atoms with Crippen molar-refractivity contribution >= 4 is 23.6 Å². The minimum atomic E-state index is 0.0216. The SMILES string of the molecule is COc1ccc(CN2CCN(C(=O)/C=C/c3ccc(Cl)cc3)CC2)c(OC)c1OC. The maximum atomic E-state index is 12.5. The van der Waals surface area contributed by atoms with E-state index in [1.165, 1.54) is 0 Å². The van der Waals surface area contributed by atoms with Crippen LogP contribution in [0.25, 0.3) is 6.08 Å². The van der Waals surface area contributed by atoms with Crippen molar-refractivity contribution in [2.75, 3.05) is 47.5 Å². The van der Waals surface area contributed by atoms with Gasteiger partial charge in [-0.15, -0.1) is 0 Å². The Kier molecular flexibility index (Phi) is 7.60. The highest BCUT2D eigenvalue weighted by Gasteiger charge is 2.22. The Morgan fingerprint density at radius 1 is 0.933 bits per heavy atom. The van der Waals surface area contributed by atoms with Gasteiger partial charge in [0.05, 0.1) is 21.3 Å². The van der Waals surface area contributed by atoms with Gasteiger partial charge in [0.25, 0.3) is 0 Å². The van der Waals surface area contributed by atoms with Gasteiger partial charge in [-0.2, -0.15) is 0 Å². The molecule has 1 saturated heterocycles. The maximum Gasteiger partial charge on any atom is 0.246 e. The number of methoxy groups -OCH3 is 3. The van der Waals surface area contributed by atoms with Crippen LogP contribution in [0.15, 0.2) is 42.5 Å². The van der Waals surface area contributed by atoms with Gasteiger partial charge < -0.3 is 19.1 Å². The molecule has 0 N–H and O–H groups in total. The molecule has 0 bridgehead atoms. The average molecular weight is 431 g/mol. The topological polar surface area (TPSA) is 51.2 Å². The van der Waals surface area contributed by atoms with E-state index in [2.05, 4.69) is 4.90 Å². The van der Waals surface area contributed by atoms with Gasteiger partial charge in [0.1, 0.15) is 0 Å². The molecule has 0 aliphatic carbocycles. The molecular formula is C23H27ClN2O4. The van der Waals surface area contributed by atoms with E-state index in [4.69, 9.17) is 25.8 Å². The largest absolute Gasteiger partial charge is 0.493 e. The van der Waals surface area contributed by atoms with E-state index in [1.54, 1.807) is 27.4 Å². The first kappa shape index (κ1) is 22.0. The summed E-state index contributed by atoms with van der Waals surface area (Å²) in [6, 6.07) is 11.3. The summed E-state index contributed by atoms with van der Waals surface area (Å²) in [6.07, 6.45) is 3.44. The molecule has 30 heavy (non-hydrogen) atoms. The van der Waals surface area contributed by atoms with E-state index >= 15 is 0 Å². The van der Waals surface area contributed by atoms with Crippen LogP contribution in [-0.4, -0.2) is 63.2 Å². The molecular weight excluding hydrogens is 404 g/mol. The zero-order valence-corrected chi connectivity index (χ0v) is 18.3. The zero-order valence-electron chi connectivity index (χ0n) is 17.6. The van der Waals surface area contributed by atoms with Gasteiger partial charge >= 0.3 is 0 Å². The number of piperazine rings is 1. The molecule has 7 heteroatoms. The van der Waals surface area contributed by atoms with Crippen molar-refractivity contribution < 1.29 is 19.0 Å². The molecule has 0 spiro atoms. The van der Waals surface area contributed by atoms with Crippen LogP contribution in [0, 0.1) is 0 Å². The van der Waals surface area contributed by atoms with Crippen molar-refractivity contribution in [1.82, 2.24) is 9.80 Å². The summed E-state index contributed by atoms with van der Waals surface area (Å²) in [5.41, 5.74) is 1.98. The van der Waals surface area contributed by atoms with Gasteiger partial charge in [0.15, 0.2) is 11.5 Å². The van der Waals surface area contributed by atoms with Crippen LogP contribution in [0.5, 0.6) is 17.2 Å². The number of benzene rings is 2. The third kappa shape index (κ3) is 5.26. The summed E-state index contributed by atoms with van der Waals surface area (Å²) < 4.78 is 16.4. The van der Waals surface area contributed by atoms with Crippen LogP contribution >= 0.6 is 11.6 Å². The van der Waals surface area contributed by atoms with Gasteiger partial charge in [-0.25, -0.2) is 0 Å². The van der Waals surface area contributed by atoms with Crippen LogP contribution in [0.3, 0.4) is 0 Å². The Morgan fingerprint density at radius 2 is 1.60 bits per heavy atom. The number of halogens is 1. The van der Waals surface area contributed by atoms with Crippen molar-refractivity contribution in [2.45, 2.75) is 6.54 Å². The Bertz CT molecular complexity index is 891. The first-order valence-corrected chi connectivity index (χ1v) is 10.2. The highest BCUT2D eigenvalue weighted by atomic mass is 35.5. The lowest BCUT2D eigenvalue weighted by Crippen LogP contribution is -2.47. The van der Waals surface area contributed by atoms with Gasteiger partial charge in [0, 0.05) is 49.4 Å². The van der Waals surface area contributed by atoms with Crippen molar-refractivity contribution in [3.8, 4) is 17.2 Å². The number of ether oxygens (including phenoxy) is 3. The van der Waals surface area contributed by atoms with E-state index < -0.39 is 0 Å². The molecule has 2 aromatic carbocycles. The summed E-state index contributed by atoms with van der Waals surface area (Å²) in [4.78, 5) is 16.7. The molecule has 0 unspecified atom stereocenters. The third-order valence-corrected chi connectivity index (χ3v) is 5.40. The first-order chi connectivity index (χ1) is 14.5. The fraction of sp³-hybridized carbons (Fsp3) is 0.348. The summed E-state index contributed by atoms with van der Waals surface area (Å²) in [5, 5.41) is 0.681. The molecule has 1 fully saturated rings. The first-order valence-electron chi connectivity index (χ1n) is 9.78.